The van der Waals surface area contributed by atoms with Gasteiger partial charge in [0.25, 0.3) is 0 Å². The maximum Gasteiger partial charge on any atom is 0.223 e. The van der Waals surface area contributed by atoms with E-state index >= 15 is 0 Å². The van der Waals surface area contributed by atoms with Gasteiger partial charge in [0.05, 0.1) is 5.69 Å². The zero-order valence-corrected chi connectivity index (χ0v) is 15.2. The van der Waals surface area contributed by atoms with Crippen LogP contribution in [0, 0.1) is 12.8 Å². The summed E-state index contributed by atoms with van der Waals surface area (Å²) in [5.74, 6) is 1.34. The summed E-state index contributed by atoms with van der Waals surface area (Å²) in [6.07, 6.45) is 2.02. The number of rotatable bonds is 5. The average molecular weight is 321 g/mol. The van der Waals surface area contributed by atoms with E-state index in [2.05, 4.69) is 27.3 Å². The second kappa shape index (κ2) is 7.81. The molecule has 6 heteroatoms. The molecule has 1 aliphatic rings. The maximum absolute atomic E-state index is 12.1. The zero-order chi connectivity index (χ0) is 17.0. The van der Waals surface area contributed by atoms with Crippen LogP contribution in [-0.2, 0) is 18.4 Å². The molecule has 130 valence electrons. The standard InChI is InChI=1S/C17H31N5O/c1-6-13(2)16(23)18-12-15-14(3)19-21(5)17(15)22-9-7-8-20(4)10-11-22/h13H,6-12H2,1-5H3,(H,18,23)/t13-/m0/s1. The number of hydrogen-bond acceptors (Lipinski definition) is 4. The van der Waals surface area contributed by atoms with Crippen molar-refractivity contribution in [2.24, 2.45) is 13.0 Å². The van der Waals surface area contributed by atoms with Crippen LogP contribution in [0.4, 0.5) is 5.82 Å². The van der Waals surface area contributed by atoms with Gasteiger partial charge in [0.1, 0.15) is 5.82 Å². The number of anilines is 1. The molecule has 0 spiro atoms. The van der Waals surface area contributed by atoms with E-state index in [1.54, 1.807) is 0 Å². The van der Waals surface area contributed by atoms with E-state index in [1.807, 2.05) is 32.5 Å². The minimum Gasteiger partial charge on any atom is -0.355 e. The van der Waals surface area contributed by atoms with Crippen LogP contribution in [0.5, 0.6) is 0 Å². The molecule has 0 unspecified atom stereocenters. The Hall–Kier alpha value is -1.56. The molecule has 1 amide bonds. The van der Waals surface area contributed by atoms with Crippen LogP contribution in [0.3, 0.4) is 0 Å². The molecule has 1 saturated heterocycles. The highest BCUT2D eigenvalue weighted by molar-refractivity contribution is 5.78. The van der Waals surface area contributed by atoms with Crippen LogP contribution < -0.4 is 10.2 Å². The van der Waals surface area contributed by atoms with E-state index in [9.17, 15) is 4.79 Å². The Balaban J connectivity index is 2.15. The maximum atomic E-state index is 12.1. The quantitative estimate of drug-likeness (QED) is 0.894. The number of amides is 1. The lowest BCUT2D eigenvalue weighted by Gasteiger charge is -2.24. The Morgan fingerprint density at radius 3 is 2.70 bits per heavy atom. The van der Waals surface area contributed by atoms with Crippen LogP contribution in [0.2, 0.25) is 0 Å². The zero-order valence-electron chi connectivity index (χ0n) is 15.2. The van der Waals surface area contributed by atoms with Crippen molar-refractivity contribution in [1.29, 1.82) is 0 Å². The fourth-order valence-corrected chi connectivity index (χ4v) is 3.09. The molecular weight excluding hydrogens is 290 g/mol. The molecule has 0 aliphatic carbocycles. The Morgan fingerprint density at radius 2 is 2.00 bits per heavy atom. The van der Waals surface area contributed by atoms with Gasteiger partial charge >= 0.3 is 0 Å². The van der Waals surface area contributed by atoms with E-state index in [0.717, 1.165) is 56.1 Å². The van der Waals surface area contributed by atoms with Gasteiger partial charge in [-0.1, -0.05) is 13.8 Å². The van der Waals surface area contributed by atoms with Crippen molar-refractivity contribution < 1.29 is 4.79 Å². The fourth-order valence-electron chi connectivity index (χ4n) is 3.09. The molecule has 6 nitrogen and oxygen atoms in total. The first-order chi connectivity index (χ1) is 10.9. The van der Waals surface area contributed by atoms with Gasteiger partial charge in [-0.25, -0.2) is 0 Å². The first kappa shape index (κ1) is 17.8. The highest BCUT2D eigenvalue weighted by Crippen LogP contribution is 2.24. The van der Waals surface area contributed by atoms with Crippen LogP contribution in [0.15, 0.2) is 0 Å². The van der Waals surface area contributed by atoms with Gasteiger partial charge in [0, 0.05) is 44.7 Å². The minimum atomic E-state index is 0.0577. The van der Waals surface area contributed by atoms with Crippen molar-refractivity contribution in [3.63, 3.8) is 0 Å². The molecule has 0 aromatic carbocycles. The summed E-state index contributed by atoms with van der Waals surface area (Å²) in [6.45, 7) is 10.8. The molecule has 1 aromatic heterocycles. The van der Waals surface area contributed by atoms with Gasteiger partial charge in [-0.15, -0.1) is 0 Å². The van der Waals surface area contributed by atoms with Crippen LogP contribution in [0.1, 0.15) is 37.9 Å². The predicted molar refractivity (Wildman–Crippen MR) is 93.6 cm³/mol. The molecule has 1 aromatic rings. The SMILES string of the molecule is CC[C@H](C)C(=O)NCc1c(C)nn(C)c1N1CCCN(C)CC1. The molecule has 0 saturated carbocycles. The number of hydrogen-bond donors (Lipinski definition) is 1. The monoisotopic (exact) mass is 321 g/mol. The van der Waals surface area contributed by atoms with Gasteiger partial charge in [0.2, 0.25) is 5.91 Å². The second-order valence-corrected chi connectivity index (χ2v) is 6.68. The largest absolute Gasteiger partial charge is 0.355 e. The van der Waals surface area contributed by atoms with E-state index in [0.29, 0.717) is 6.54 Å². The summed E-state index contributed by atoms with van der Waals surface area (Å²) in [5.41, 5.74) is 2.15. The molecule has 1 fully saturated rings. The molecule has 1 atom stereocenters. The Bertz CT molecular complexity index is 539. The Kier molecular flexibility index (Phi) is 6.04. The Labute approximate surface area is 139 Å². The van der Waals surface area contributed by atoms with Crippen molar-refractivity contribution in [1.82, 2.24) is 20.0 Å². The van der Waals surface area contributed by atoms with Gasteiger partial charge in [-0.05, 0) is 33.4 Å². The summed E-state index contributed by atoms with van der Waals surface area (Å²) in [5, 5.41) is 7.67. The lowest BCUT2D eigenvalue weighted by Crippen LogP contribution is -2.33. The van der Waals surface area contributed by atoms with Gasteiger partial charge in [-0.3, -0.25) is 9.48 Å². The number of carbonyl (C=O) groups is 1. The summed E-state index contributed by atoms with van der Waals surface area (Å²) >= 11 is 0. The number of aromatic nitrogens is 2. The van der Waals surface area contributed by atoms with Gasteiger partial charge in [0.15, 0.2) is 0 Å². The number of nitrogens with zero attached hydrogens (tertiary/aromatic N) is 4. The van der Waals surface area contributed by atoms with Crippen LogP contribution >= 0.6 is 0 Å². The van der Waals surface area contributed by atoms with E-state index in [1.165, 1.54) is 0 Å². The smallest absolute Gasteiger partial charge is 0.223 e. The third-order valence-electron chi connectivity index (χ3n) is 4.83. The third kappa shape index (κ3) is 4.25. The first-order valence-electron chi connectivity index (χ1n) is 8.67. The Morgan fingerprint density at radius 1 is 1.26 bits per heavy atom. The number of nitrogens with one attached hydrogen (secondary N) is 1. The molecule has 1 aliphatic heterocycles. The summed E-state index contributed by atoms with van der Waals surface area (Å²) < 4.78 is 1.96. The molecule has 1 N–H and O–H groups in total. The molecule has 0 bridgehead atoms. The van der Waals surface area contributed by atoms with Crippen molar-refractivity contribution in [3.05, 3.63) is 11.3 Å². The van der Waals surface area contributed by atoms with Crippen molar-refractivity contribution in [2.75, 3.05) is 38.1 Å². The minimum absolute atomic E-state index is 0.0577. The lowest BCUT2D eigenvalue weighted by molar-refractivity contribution is -0.124. The van der Waals surface area contributed by atoms with E-state index < -0.39 is 0 Å². The number of likely N-dealkylation sites (N-methyl/N-ethyl adjacent to an activating group) is 1. The third-order valence-corrected chi connectivity index (χ3v) is 4.83. The molecule has 0 radical (unpaired) electrons. The average Bonchev–Trinajstić information content (AvgIpc) is 2.67. The predicted octanol–water partition coefficient (Wildman–Crippen LogP) is 1.53. The summed E-state index contributed by atoms with van der Waals surface area (Å²) in [6, 6.07) is 0. The molecule has 23 heavy (non-hydrogen) atoms. The van der Waals surface area contributed by atoms with E-state index in [4.69, 9.17) is 0 Å². The number of aryl methyl sites for hydroxylation is 2. The van der Waals surface area contributed by atoms with Gasteiger partial charge < -0.3 is 15.1 Å². The topological polar surface area (TPSA) is 53.4 Å². The van der Waals surface area contributed by atoms with Crippen molar-refractivity contribution >= 4 is 11.7 Å². The fraction of sp³-hybridized carbons (Fsp3) is 0.765. The number of carbonyl (C=O) groups excluding carboxylic acids is 1. The van der Waals surface area contributed by atoms with Crippen LogP contribution in [-0.4, -0.2) is 53.8 Å². The van der Waals surface area contributed by atoms with E-state index in [-0.39, 0.29) is 11.8 Å². The van der Waals surface area contributed by atoms with Crippen molar-refractivity contribution in [3.8, 4) is 0 Å². The first-order valence-corrected chi connectivity index (χ1v) is 8.67. The molecular formula is C17H31N5O. The highest BCUT2D eigenvalue weighted by atomic mass is 16.1. The molecule has 2 heterocycles. The highest BCUT2D eigenvalue weighted by Gasteiger charge is 2.22. The van der Waals surface area contributed by atoms with Gasteiger partial charge in [-0.2, -0.15) is 5.10 Å². The van der Waals surface area contributed by atoms with Crippen molar-refractivity contribution in [2.45, 2.75) is 40.2 Å². The molecule has 2 rings (SSSR count). The summed E-state index contributed by atoms with van der Waals surface area (Å²) in [7, 11) is 4.17. The summed E-state index contributed by atoms with van der Waals surface area (Å²) in [4.78, 5) is 16.9. The normalized spacial score (nSPS) is 17.9. The van der Waals surface area contributed by atoms with Crippen LogP contribution in [0.25, 0.3) is 0 Å². The second-order valence-electron chi connectivity index (χ2n) is 6.68. The lowest BCUT2D eigenvalue weighted by atomic mass is 10.1.